The zero-order valence-electron chi connectivity index (χ0n) is 12.6. The maximum Gasteiger partial charge on any atom is 0.274 e. The van der Waals surface area contributed by atoms with E-state index in [9.17, 15) is 9.59 Å². The molecule has 8 heteroatoms. The van der Waals surface area contributed by atoms with Crippen molar-refractivity contribution in [2.24, 2.45) is 0 Å². The van der Waals surface area contributed by atoms with Crippen molar-refractivity contribution >= 4 is 40.7 Å². The number of carbonyl (C=O) groups is 2. The van der Waals surface area contributed by atoms with Crippen LogP contribution in [0, 0.1) is 0 Å². The van der Waals surface area contributed by atoms with Gasteiger partial charge in [-0.15, -0.1) is 0 Å². The standard InChI is InChI=1S/C16H14Cl2N4O2/c17-10-3-4-11(18)12(8-10)21-15(23)14-2-1-7-22(14)16(24)13-9-19-5-6-20-13/h3-6,8-9,14H,1-2,7H2,(H,21,23)/t14-/m0/s1. The lowest BCUT2D eigenvalue weighted by atomic mass is 10.2. The van der Waals surface area contributed by atoms with E-state index in [0.717, 1.165) is 6.42 Å². The number of nitrogens with one attached hydrogen (secondary N) is 1. The van der Waals surface area contributed by atoms with Gasteiger partial charge < -0.3 is 10.2 Å². The van der Waals surface area contributed by atoms with E-state index >= 15 is 0 Å². The van der Waals surface area contributed by atoms with Gasteiger partial charge in [0.05, 0.1) is 16.9 Å². The van der Waals surface area contributed by atoms with Crippen LogP contribution in [0.5, 0.6) is 0 Å². The van der Waals surface area contributed by atoms with Gasteiger partial charge in [0.25, 0.3) is 5.91 Å². The lowest BCUT2D eigenvalue weighted by molar-refractivity contribution is -0.119. The molecule has 0 spiro atoms. The van der Waals surface area contributed by atoms with Gasteiger partial charge in [-0.25, -0.2) is 4.98 Å². The van der Waals surface area contributed by atoms with Crippen LogP contribution >= 0.6 is 23.2 Å². The molecule has 1 N–H and O–H groups in total. The third-order valence-electron chi connectivity index (χ3n) is 3.78. The van der Waals surface area contributed by atoms with E-state index in [4.69, 9.17) is 23.2 Å². The summed E-state index contributed by atoms with van der Waals surface area (Å²) in [7, 11) is 0. The highest BCUT2D eigenvalue weighted by atomic mass is 35.5. The first-order valence-electron chi connectivity index (χ1n) is 7.39. The van der Waals surface area contributed by atoms with Gasteiger partial charge in [0, 0.05) is 24.0 Å². The minimum atomic E-state index is -0.574. The summed E-state index contributed by atoms with van der Waals surface area (Å²) in [5.41, 5.74) is 0.644. The van der Waals surface area contributed by atoms with Crippen LogP contribution in [0.4, 0.5) is 5.69 Å². The van der Waals surface area contributed by atoms with E-state index in [1.807, 2.05) is 0 Å². The lowest BCUT2D eigenvalue weighted by Crippen LogP contribution is -2.43. The zero-order chi connectivity index (χ0) is 17.1. The number of nitrogens with zero attached hydrogens (tertiary/aromatic N) is 3. The van der Waals surface area contributed by atoms with Crippen molar-refractivity contribution < 1.29 is 9.59 Å². The first-order chi connectivity index (χ1) is 11.6. The van der Waals surface area contributed by atoms with Crippen LogP contribution in [0.1, 0.15) is 23.3 Å². The van der Waals surface area contributed by atoms with Crippen LogP contribution in [0.3, 0.4) is 0 Å². The van der Waals surface area contributed by atoms with E-state index in [0.29, 0.717) is 28.7 Å². The molecule has 0 unspecified atom stereocenters. The summed E-state index contributed by atoms with van der Waals surface area (Å²) in [5.74, 6) is -0.605. The average Bonchev–Trinajstić information content (AvgIpc) is 3.08. The summed E-state index contributed by atoms with van der Waals surface area (Å²) >= 11 is 12.0. The van der Waals surface area contributed by atoms with Gasteiger partial charge in [-0.1, -0.05) is 23.2 Å². The number of benzene rings is 1. The maximum absolute atomic E-state index is 12.6. The molecule has 6 nitrogen and oxygen atoms in total. The van der Waals surface area contributed by atoms with Crippen LogP contribution in [-0.4, -0.2) is 39.3 Å². The number of aromatic nitrogens is 2. The minimum absolute atomic E-state index is 0.220. The molecule has 2 heterocycles. The fraction of sp³-hybridized carbons (Fsp3) is 0.250. The highest BCUT2D eigenvalue weighted by molar-refractivity contribution is 6.35. The molecule has 2 amide bonds. The third-order valence-corrected chi connectivity index (χ3v) is 4.35. The second-order valence-electron chi connectivity index (χ2n) is 5.36. The highest BCUT2D eigenvalue weighted by Gasteiger charge is 2.35. The molecule has 1 aromatic carbocycles. The van der Waals surface area contributed by atoms with Crippen molar-refractivity contribution in [1.82, 2.24) is 14.9 Å². The smallest absolute Gasteiger partial charge is 0.274 e. The van der Waals surface area contributed by atoms with E-state index in [2.05, 4.69) is 15.3 Å². The summed E-state index contributed by atoms with van der Waals surface area (Å²) in [4.78, 5) is 34.5. The predicted molar refractivity (Wildman–Crippen MR) is 91.2 cm³/mol. The van der Waals surface area contributed by atoms with Crippen molar-refractivity contribution in [3.63, 3.8) is 0 Å². The Balaban J connectivity index is 1.76. The number of rotatable bonds is 3. The van der Waals surface area contributed by atoms with Gasteiger partial charge in [-0.3, -0.25) is 14.6 Å². The van der Waals surface area contributed by atoms with E-state index in [-0.39, 0.29) is 17.5 Å². The van der Waals surface area contributed by atoms with Gasteiger partial charge in [0.1, 0.15) is 11.7 Å². The van der Waals surface area contributed by atoms with Gasteiger partial charge in [0.2, 0.25) is 5.91 Å². The molecular weight excluding hydrogens is 351 g/mol. The number of hydrogen-bond acceptors (Lipinski definition) is 4. The molecule has 0 radical (unpaired) electrons. The second kappa shape index (κ2) is 7.15. The largest absolute Gasteiger partial charge is 0.325 e. The summed E-state index contributed by atoms with van der Waals surface area (Å²) in [5, 5.41) is 3.60. The molecular formula is C16H14Cl2N4O2. The zero-order valence-corrected chi connectivity index (χ0v) is 14.1. The molecule has 124 valence electrons. The SMILES string of the molecule is O=C(Nc1cc(Cl)ccc1Cl)[C@@H]1CCCN1C(=O)c1cnccn1. The fourth-order valence-corrected chi connectivity index (χ4v) is 2.99. The third kappa shape index (κ3) is 3.49. The van der Waals surface area contributed by atoms with Crippen LogP contribution in [0.2, 0.25) is 10.0 Å². The Labute approximate surface area is 148 Å². The summed E-state index contributed by atoms with van der Waals surface area (Å²) < 4.78 is 0. The summed E-state index contributed by atoms with van der Waals surface area (Å²) in [6, 6.07) is 4.25. The van der Waals surface area contributed by atoms with Crippen molar-refractivity contribution in [1.29, 1.82) is 0 Å². The van der Waals surface area contributed by atoms with Gasteiger partial charge in [0.15, 0.2) is 0 Å². The molecule has 1 aromatic heterocycles. The molecule has 1 atom stereocenters. The van der Waals surface area contributed by atoms with Gasteiger partial charge in [-0.2, -0.15) is 0 Å². The second-order valence-corrected chi connectivity index (χ2v) is 6.20. The van der Waals surface area contributed by atoms with Crippen molar-refractivity contribution in [2.75, 3.05) is 11.9 Å². The molecule has 1 aliphatic rings. The average molecular weight is 365 g/mol. The summed E-state index contributed by atoms with van der Waals surface area (Å²) in [6.45, 7) is 0.497. The quantitative estimate of drug-likeness (QED) is 0.907. The molecule has 0 bridgehead atoms. The Bertz CT molecular complexity index is 770. The molecule has 1 fully saturated rings. The van der Waals surface area contributed by atoms with Crippen molar-refractivity contribution in [3.8, 4) is 0 Å². The Hall–Kier alpha value is -2.18. The Morgan fingerprint density at radius 3 is 2.83 bits per heavy atom. The van der Waals surface area contributed by atoms with E-state index in [1.165, 1.54) is 23.5 Å². The van der Waals surface area contributed by atoms with Crippen molar-refractivity contribution in [3.05, 3.63) is 52.5 Å². The van der Waals surface area contributed by atoms with Crippen LogP contribution < -0.4 is 5.32 Å². The Morgan fingerprint density at radius 1 is 1.25 bits per heavy atom. The molecule has 1 saturated heterocycles. The minimum Gasteiger partial charge on any atom is -0.325 e. The molecule has 0 aliphatic carbocycles. The summed E-state index contributed by atoms with van der Waals surface area (Å²) in [6.07, 6.45) is 5.66. The van der Waals surface area contributed by atoms with Crippen LogP contribution in [-0.2, 0) is 4.79 Å². The number of hydrogen-bond donors (Lipinski definition) is 1. The number of anilines is 1. The van der Waals surface area contributed by atoms with Gasteiger partial charge >= 0.3 is 0 Å². The normalized spacial score (nSPS) is 16.9. The number of carbonyl (C=O) groups excluding carboxylic acids is 2. The first-order valence-corrected chi connectivity index (χ1v) is 8.15. The van der Waals surface area contributed by atoms with Crippen molar-refractivity contribution in [2.45, 2.75) is 18.9 Å². The predicted octanol–water partition coefficient (Wildman–Crippen LogP) is 3.03. The molecule has 3 rings (SSSR count). The van der Waals surface area contributed by atoms with Gasteiger partial charge in [-0.05, 0) is 31.0 Å². The monoisotopic (exact) mass is 364 g/mol. The lowest BCUT2D eigenvalue weighted by Gasteiger charge is -2.23. The Kier molecular flexibility index (Phi) is 4.97. The fourth-order valence-electron chi connectivity index (χ4n) is 2.65. The Morgan fingerprint density at radius 2 is 2.08 bits per heavy atom. The topological polar surface area (TPSA) is 75.2 Å². The molecule has 24 heavy (non-hydrogen) atoms. The number of likely N-dealkylation sites (tertiary alicyclic amines) is 1. The molecule has 0 saturated carbocycles. The number of halogens is 2. The number of amides is 2. The molecule has 2 aromatic rings. The van der Waals surface area contributed by atoms with Crippen LogP contribution in [0.15, 0.2) is 36.8 Å². The first kappa shape index (κ1) is 16.7. The highest BCUT2D eigenvalue weighted by Crippen LogP contribution is 2.27. The van der Waals surface area contributed by atoms with Crippen LogP contribution in [0.25, 0.3) is 0 Å². The maximum atomic E-state index is 12.6. The molecule has 1 aliphatic heterocycles. The van der Waals surface area contributed by atoms with E-state index in [1.54, 1.807) is 18.2 Å². The van der Waals surface area contributed by atoms with E-state index < -0.39 is 6.04 Å².